The summed E-state index contributed by atoms with van der Waals surface area (Å²) in [6, 6.07) is 11.9. The Kier molecular flexibility index (Phi) is 3.26. The van der Waals surface area contributed by atoms with Crippen LogP contribution in [0.1, 0.15) is 24.0 Å². The Labute approximate surface area is 130 Å². The fourth-order valence-electron chi connectivity index (χ4n) is 3.45. The van der Waals surface area contributed by atoms with Gasteiger partial charge in [-0.1, -0.05) is 6.07 Å². The number of hydrogen-bond acceptors (Lipinski definition) is 3. The van der Waals surface area contributed by atoms with E-state index in [2.05, 4.69) is 34.6 Å². The van der Waals surface area contributed by atoms with Crippen LogP contribution in [-0.4, -0.2) is 11.7 Å². The second kappa shape index (κ2) is 5.41. The molecule has 2 aliphatic rings. The van der Waals surface area contributed by atoms with Gasteiger partial charge >= 0.3 is 0 Å². The number of aromatic hydroxyl groups is 1. The molecule has 1 aliphatic carbocycles. The average molecular weight is 292 g/mol. The summed E-state index contributed by atoms with van der Waals surface area (Å²) in [5, 5.41) is 13.1. The highest BCUT2D eigenvalue weighted by Gasteiger charge is 2.20. The third-order valence-corrected chi connectivity index (χ3v) is 4.55. The first-order chi connectivity index (χ1) is 10.8. The van der Waals surface area contributed by atoms with Crippen molar-refractivity contribution < 1.29 is 5.11 Å². The Balaban J connectivity index is 1.84. The van der Waals surface area contributed by atoms with E-state index in [4.69, 9.17) is 0 Å². The number of hydrogen-bond donors (Lipinski definition) is 2. The zero-order valence-corrected chi connectivity index (χ0v) is 12.5. The van der Waals surface area contributed by atoms with Crippen LogP contribution < -0.4 is 10.2 Å². The van der Waals surface area contributed by atoms with Gasteiger partial charge in [0.15, 0.2) is 0 Å². The fourth-order valence-corrected chi connectivity index (χ4v) is 3.45. The van der Waals surface area contributed by atoms with Crippen LogP contribution in [0.2, 0.25) is 0 Å². The van der Waals surface area contributed by atoms with Gasteiger partial charge in [-0.25, -0.2) is 0 Å². The monoisotopic (exact) mass is 292 g/mol. The van der Waals surface area contributed by atoms with Crippen LogP contribution in [0.4, 0.5) is 17.1 Å². The summed E-state index contributed by atoms with van der Waals surface area (Å²) < 4.78 is 0. The molecule has 2 N–H and O–H groups in total. The number of fused-ring (bicyclic) bond motifs is 3. The molecular formula is C19H20N2O. The van der Waals surface area contributed by atoms with E-state index in [1.807, 2.05) is 12.1 Å². The second-order valence-corrected chi connectivity index (χ2v) is 5.96. The van der Waals surface area contributed by atoms with E-state index in [-0.39, 0.29) is 0 Å². The summed E-state index contributed by atoms with van der Waals surface area (Å²) in [7, 11) is 0. The Morgan fingerprint density at radius 3 is 2.64 bits per heavy atom. The molecule has 0 aromatic heterocycles. The maximum atomic E-state index is 9.52. The molecule has 0 bridgehead atoms. The molecule has 0 amide bonds. The normalized spacial score (nSPS) is 16.5. The lowest BCUT2D eigenvalue weighted by atomic mass is 9.89. The summed E-state index contributed by atoms with van der Waals surface area (Å²) in [5.41, 5.74) is 6.51. The van der Waals surface area contributed by atoms with Gasteiger partial charge in [0, 0.05) is 18.4 Å². The van der Waals surface area contributed by atoms with Crippen LogP contribution in [-0.2, 0) is 12.8 Å². The molecule has 4 rings (SSSR count). The van der Waals surface area contributed by atoms with Crippen LogP contribution in [0.15, 0.2) is 48.7 Å². The largest absolute Gasteiger partial charge is 0.508 e. The van der Waals surface area contributed by atoms with Crippen LogP contribution in [0.3, 0.4) is 0 Å². The van der Waals surface area contributed by atoms with Gasteiger partial charge in [-0.05, 0) is 73.2 Å². The molecule has 1 aliphatic heterocycles. The molecule has 0 saturated carbocycles. The lowest BCUT2D eigenvalue weighted by molar-refractivity contribution is 0.475. The number of aryl methyl sites for hydroxylation is 1. The van der Waals surface area contributed by atoms with Gasteiger partial charge in [0.1, 0.15) is 5.75 Å². The van der Waals surface area contributed by atoms with Crippen molar-refractivity contribution in [2.45, 2.75) is 25.7 Å². The minimum absolute atomic E-state index is 0.298. The van der Waals surface area contributed by atoms with Crippen LogP contribution in [0.5, 0.6) is 5.75 Å². The molecule has 112 valence electrons. The number of benzene rings is 2. The fraction of sp³-hybridized carbons (Fsp3) is 0.263. The molecule has 0 fully saturated rings. The number of phenolic OH excluding ortho intramolecular Hbond substituents is 1. The predicted octanol–water partition coefficient (Wildman–Crippen LogP) is 4.35. The Hall–Kier alpha value is -2.42. The minimum Gasteiger partial charge on any atom is -0.508 e. The van der Waals surface area contributed by atoms with Crippen molar-refractivity contribution in [2.75, 3.05) is 16.8 Å². The number of anilines is 3. The van der Waals surface area contributed by atoms with Crippen LogP contribution in [0.25, 0.3) is 0 Å². The molecule has 3 heteroatoms. The molecular weight excluding hydrogens is 272 g/mol. The molecule has 0 radical (unpaired) electrons. The number of nitrogens with zero attached hydrogens (tertiary/aromatic N) is 1. The molecule has 2 aromatic carbocycles. The highest BCUT2D eigenvalue weighted by atomic mass is 16.3. The van der Waals surface area contributed by atoms with Gasteiger partial charge in [0.05, 0.1) is 11.4 Å². The van der Waals surface area contributed by atoms with Gasteiger partial charge < -0.3 is 15.3 Å². The summed E-state index contributed by atoms with van der Waals surface area (Å²) in [5.74, 6) is 0.298. The zero-order valence-electron chi connectivity index (χ0n) is 12.5. The third kappa shape index (κ3) is 2.23. The van der Waals surface area contributed by atoms with Crippen molar-refractivity contribution in [3.05, 3.63) is 59.8 Å². The van der Waals surface area contributed by atoms with Gasteiger partial charge in [0.25, 0.3) is 0 Å². The van der Waals surface area contributed by atoms with Gasteiger partial charge in [-0.2, -0.15) is 0 Å². The maximum Gasteiger partial charge on any atom is 0.115 e. The van der Waals surface area contributed by atoms with Crippen molar-refractivity contribution >= 4 is 17.1 Å². The lowest BCUT2D eigenvalue weighted by Gasteiger charge is -2.27. The van der Waals surface area contributed by atoms with E-state index in [0.29, 0.717) is 5.75 Å². The van der Waals surface area contributed by atoms with Gasteiger partial charge in [-0.3, -0.25) is 0 Å². The molecule has 0 atom stereocenters. The molecule has 22 heavy (non-hydrogen) atoms. The summed E-state index contributed by atoms with van der Waals surface area (Å²) >= 11 is 0. The Morgan fingerprint density at radius 2 is 1.77 bits per heavy atom. The molecule has 2 aromatic rings. The first-order valence-electron chi connectivity index (χ1n) is 7.96. The number of rotatable bonds is 1. The zero-order chi connectivity index (χ0) is 14.9. The van der Waals surface area contributed by atoms with Crippen molar-refractivity contribution in [3.8, 4) is 5.75 Å². The maximum absolute atomic E-state index is 9.52. The Morgan fingerprint density at radius 1 is 0.955 bits per heavy atom. The van der Waals surface area contributed by atoms with Crippen LogP contribution >= 0.6 is 0 Å². The second-order valence-electron chi connectivity index (χ2n) is 5.96. The SMILES string of the molecule is Oc1ccc(N2C=CCNc3c2ccc2c3CCCC2)cc1. The van der Waals surface area contributed by atoms with E-state index < -0.39 is 0 Å². The number of phenols is 1. The Bertz CT molecular complexity index is 719. The van der Waals surface area contributed by atoms with Crippen molar-refractivity contribution in [1.82, 2.24) is 0 Å². The third-order valence-electron chi connectivity index (χ3n) is 4.55. The smallest absolute Gasteiger partial charge is 0.115 e. The van der Waals surface area contributed by atoms with Crippen molar-refractivity contribution in [2.24, 2.45) is 0 Å². The molecule has 0 spiro atoms. The highest BCUT2D eigenvalue weighted by molar-refractivity contribution is 5.82. The first kappa shape index (κ1) is 13.3. The summed E-state index contributed by atoms with van der Waals surface area (Å²) in [4.78, 5) is 2.20. The topological polar surface area (TPSA) is 35.5 Å². The molecule has 1 heterocycles. The molecule has 0 unspecified atom stereocenters. The first-order valence-corrected chi connectivity index (χ1v) is 7.96. The van der Waals surface area contributed by atoms with Crippen molar-refractivity contribution in [1.29, 1.82) is 0 Å². The quantitative estimate of drug-likeness (QED) is 0.820. The van der Waals surface area contributed by atoms with E-state index in [9.17, 15) is 5.11 Å². The molecule has 3 nitrogen and oxygen atoms in total. The standard InChI is InChI=1S/C19H20N2O/c22-16-9-7-15(8-10-16)21-13-3-12-20-19-17-5-2-1-4-14(17)6-11-18(19)21/h3,6-11,13,20,22H,1-2,4-5,12H2. The van der Waals surface area contributed by atoms with E-state index in [0.717, 1.165) is 18.7 Å². The van der Waals surface area contributed by atoms with Crippen LogP contribution in [0, 0.1) is 0 Å². The van der Waals surface area contributed by atoms with E-state index in [1.54, 1.807) is 12.1 Å². The van der Waals surface area contributed by atoms with Gasteiger partial charge in [0.2, 0.25) is 0 Å². The highest BCUT2D eigenvalue weighted by Crippen LogP contribution is 2.40. The lowest BCUT2D eigenvalue weighted by Crippen LogP contribution is -2.13. The summed E-state index contributed by atoms with van der Waals surface area (Å²) in [6.45, 7) is 0.845. The minimum atomic E-state index is 0.298. The van der Waals surface area contributed by atoms with Crippen molar-refractivity contribution in [3.63, 3.8) is 0 Å². The molecule has 0 saturated heterocycles. The van der Waals surface area contributed by atoms with E-state index >= 15 is 0 Å². The average Bonchev–Trinajstić information content (AvgIpc) is 2.78. The van der Waals surface area contributed by atoms with Gasteiger partial charge in [-0.15, -0.1) is 0 Å². The predicted molar refractivity (Wildman–Crippen MR) is 91.0 cm³/mol. The summed E-state index contributed by atoms with van der Waals surface area (Å²) in [6.07, 6.45) is 9.18. The van der Waals surface area contributed by atoms with E-state index in [1.165, 1.54) is 41.8 Å². The number of nitrogens with one attached hydrogen (secondary N) is 1.